The second kappa shape index (κ2) is 2.83. The molecule has 3 nitrogen and oxygen atoms in total. The van der Waals surface area contributed by atoms with Crippen molar-refractivity contribution in [3.63, 3.8) is 0 Å². The molecule has 3 aliphatic carbocycles. The van der Waals surface area contributed by atoms with Gasteiger partial charge in [-0.2, -0.15) is 0 Å². The third-order valence-electron chi connectivity index (χ3n) is 3.99. The van der Waals surface area contributed by atoms with Gasteiger partial charge in [-0.3, -0.25) is 0 Å². The molecule has 1 aliphatic heterocycles. The van der Waals surface area contributed by atoms with Crippen LogP contribution < -0.4 is 0 Å². The lowest BCUT2D eigenvalue weighted by Gasteiger charge is -2.48. The van der Waals surface area contributed by atoms with E-state index >= 15 is 0 Å². The molecule has 2 atom stereocenters. The van der Waals surface area contributed by atoms with Crippen molar-refractivity contribution in [3.05, 3.63) is 11.6 Å². The predicted octanol–water partition coefficient (Wildman–Crippen LogP) is 1.30. The first-order valence-electron chi connectivity index (χ1n) is 5.28. The van der Waals surface area contributed by atoms with Crippen molar-refractivity contribution in [1.82, 2.24) is 0 Å². The minimum absolute atomic E-state index is 0.302. The zero-order valence-corrected chi connectivity index (χ0v) is 7.98. The van der Waals surface area contributed by atoms with E-state index in [1.54, 1.807) is 0 Å². The Labute approximate surface area is 82.8 Å². The third-order valence-corrected chi connectivity index (χ3v) is 3.99. The van der Waals surface area contributed by atoms with Crippen LogP contribution in [-0.2, 0) is 9.53 Å². The average Bonchev–Trinajstić information content (AvgIpc) is 2.16. The van der Waals surface area contributed by atoms with Gasteiger partial charge in [-0.15, -0.1) is 0 Å². The first-order chi connectivity index (χ1) is 6.75. The second-order valence-corrected chi connectivity index (χ2v) is 4.73. The van der Waals surface area contributed by atoms with E-state index < -0.39 is 5.97 Å². The molecule has 4 rings (SSSR count). The molecule has 4 bridgehead atoms. The predicted molar refractivity (Wildman–Crippen MR) is 49.7 cm³/mol. The number of carboxylic acid groups (broad SMARTS) is 1. The highest BCUT2D eigenvalue weighted by Crippen LogP contribution is 2.49. The van der Waals surface area contributed by atoms with E-state index in [2.05, 4.69) is 0 Å². The minimum Gasteiger partial charge on any atom is -0.478 e. The molecule has 0 amide bonds. The maximum atomic E-state index is 11.0. The molecule has 1 saturated heterocycles. The molecule has 2 fully saturated rings. The van der Waals surface area contributed by atoms with Gasteiger partial charge in [-0.1, -0.05) is 6.08 Å². The summed E-state index contributed by atoms with van der Waals surface area (Å²) in [6, 6.07) is 0. The molecule has 76 valence electrons. The number of carbonyl (C=O) groups is 1. The maximum Gasteiger partial charge on any atom is 0.331 e. The van der Waals surface area contributed by atoms with Gasteiger partial charge in [0, 0.05) is 18.8 Å². The van der Waals surface area contributed by atoms with E-state index in [9.17, 15) is 4.79 Å². The number of ether oxygens (including phenoxy) is 1. The van der Waals surface area contributed by atoms with Gasteiger partial charge in [-0.05, 0) is 36.5 Å². The van der Waals surface area contributed by atoms with E-state index in [0.717, 1.165) is 26.1 Å². The molecule has 3 heteroatoms. The Kier molecular flexibility index (Phi) is 1.71. The lowest BCUT2D eigenvalue weighted by atomic mass is 9.60. The van der Waals surface area contributed by atoms with E-state index in [1.807, 2.05) is 6.08 Å². The molecular formula is C11H14O3. The van der Waals surface area contributed by atoms with Crippen LogP contribution in [0.1, 0.15) is 12.8 Å². The van der Waals surface area contributed by atoms with Gasteiger partial charge < -0.3 is 9.84 Å². The van der Waals surface area contributed by atoms with Crippen molar-refractivity contribution in [2.75, 3.05) is 13.2 Å². The van der Waals surface area contributed by atoms with Crippen LogP contribution in [0.5, 0.6) is 0 Å². The number of hydrogen-bond donors (Lipinski definition) is 1. The molecule has 1 heterocycles. The fourth-order valence-corrected chi connectivity index (χ4v) is 3.37. The normalized spacial score (nSPS) is 44.7. The van der Waals surface area contributed by atoms with Gasteiger partial charge >= 0.3 is 5.97 Å². The molecule has 0 aromatic carbocycles. The summed E-state index contributed by atoms with van der Waals surface area (Å²) in [7, 11) is 0. The third kappa shape index (κ3) is 1.05. The van der Waals surface area contributed by atoms with Crippen LogP contribution in [0.15, 0.2) is 11.6 Å². The highest BCUT2D eigenvalue weighted by atomic mass is 16.5. The van der Waals surface area contributed by atoms with Crippen molar-refractivity contribution >= 4 is 5.97 Å². The average molecular weight is 194 g/mol. The van der Waals surface area contributed by atoms with Gasteiger partial charge in [0.05, 0.1) is 0 Å². The topological polar surface area (TPSA) is 46.5 Å². The van der Waals surface area contributed by atoms with E-state index in [4.69, 9.17) is 9.84 Å². The summed E-state index contributed by atoms with van der Waals surface area (Å²) in [5.41, 5.74) is 0.671. The summed E-state index contributed by atoms with van der Waals surface area (Å²) in [5.74, 6) is 1.26. The van der Waals surface area contributed by atoms with Gasteiger partial charge in [-0.25, -0.2) is 4.79 Å². The molecule has 0 aromatic heterocycles. The molecule has 14 heavy (non-hydrogen) atoms. The summed E-state index contributed by atoms with van der Waals surface area (Å²) in [4.78, 5) is 11.0. The van der Waals surface area contributed by atoms with Crippen LogP contribution >= 0.6 is 0 Å². The van der Waals surface area contributed by atoms with Crippen LogP contribution in [0, 0.1) is 23.7 Å². The zero-order chi connectivity index (χ0) is 9.71. The van der Waals surface area contributed by atoms with Gasteiger partial charge in [0.1, 0.15) is 0 Å². The SMILES string of the molecule is O=C(O)C1=CC2C3COCC2CC1C3. The summed E-state index contributed by atoms with van der Waals surface area (Å²) < 4.78 is 5.51. The fraction of sp³-hybridized carbons (Fsp3) is 0.727. The van der Waals surface area contributed by atoms with Gasteiger partial charge in [0.2, 0.25) is 0 Å². The minimum atomic E-state index is -0.710. The van der Waals surface area contributed by atoms with E-state index in [1.165, 1.54) is 0 Å². The molecule has 2 unspecified atom stereocenters. The van der Waals surface area contributed by atoms with E-state index in [-0.39, 0.29) is 0 Å². The second-order valence-electron chi connectivity index (χ2n) is 4.73. The fourth-order valence-electron chi connectivity index (χ4n) is 3.37. The van der Waals surface area contributed by atoms with Crippen molar-refractivity contribution < 1.29 is 14.6 Å². The summed E-state index contributed by atoms with van der Waals surface area (Å²) in [5, 5.41) is 9.02. The van der Waals surface area contributed by atoms with Gasteiger partial charge in [0.25, 0.3) is 0 Å². The van der Waals surface area contributed by atoms with Crippen LogP contribution in [0.4, 0.5) is 0 Å². The molecule has 1 saturated carbocycles. The summed E-state index contributed by atoms with van der Waals surface area (Å²) in [6.07, 6.45) is 4.07. The number of hydrogen-bond acceptors (Lipinski definition) is 2. The Morgan fingerprint density at radius 1 is 1.36 bits per heavy atom. The van der Waals surface area contributed by atoms with Crippen molar-refractivity contribution in [2.45, 2.75) is 12.8 Å². The lowest BCUT2D eigenvalue weighted by molar-refractivity contribution is -0.135. The zero-order valence-electron chi connectivity index (χ0n) is 7.98. The van der Waals surface area contributed by atoms with Crippen molar-refractivity contribution in [2.24, 2.45) is 23.7 Å². The maximum absolute atomic E-state index is 11.0. The van der Waals surface area contributed by atoms with Crippen LogP contribution in [0.2, 0.25) is 0 Å². The van der Waals surface area contributed by atoms with Crippen molar-refractivity contribution in [1.29, 1.82) is 0 Å². The molecule has 1 N–H and O–H groups in total. The Morgan fingerprint density at radius 3 is 2.50 bits per heavy atom. The number of allylic oxidation sites excluding steroid dienone is 1. The number of aliphatic carboxylic acids is 1. The largest absolute Gasteiger partial charge is 0.478 e. The quantitative estimate of drug-likeness (QED) is 0.684. The lowest BCUT2D eigenvalue weighted by Crippen LogP contribution is -2.46. The highest BCUT2D eigenvalue weighted by Gasteiger charge is 2.46. The number of rotatable bonds is 1. The highest BCUT2D eigenvalue weighted by molar-refractivity contribution is 5.87. The van der Waals surface area contributed by atoms with Gasteiger partial charge in [0.15, 0.2) is 0 Å². The Bertz CT molecular complexity index is 294. The monoisotopic (exact) mass is 194 g/mol. The number of carboxylic acids is 1. The molecule has 0 radical (unpaired) electrons. The molecule has 0 aromatic rings. The summed E-state index contributed by atoms with van der Waals surface area (Å²) in [6.45, 7) is 1.67. The first-order valence-corrected chi connectivity index (χ1v) is 5.28. The Morgan fingerprint density at radius 2 is 2.00 bits per heavy atom. The summed E-state index contributed by atoms with van der Waals surface area (Å²) >= 11 is 0. The van der Waals surface area contributed by atoms with Crippen LogP contribution in [0.25, 0.3) is 0 Å². The molecule has 0 spiro atoms. The Balaban J connectivity index is 1.95. The smallest absolute Gasteiger partial charge is 0.331 e. The van der Waals surface area contributed by atoms with Crippen LogP contribution in [0.3, 0.4) is 0 Å². The standard InChI is InChI=1S/C11H14O3/c12-11(13)10-3-9-7-1-6(10)2-8(9)5-14-4-7/h3,6-9H,1-2,4-5H2,(H,12,13). The molecule has 4 aliphatic rings. The van der Waals surface area contributed by atoms with Crippen molar-refractivity contribution in [3.8, 4) is 0 Å². The Hall–Kier alpha value is -0.830. The molecular weight excluding hydrogens is 180 g/mol. The van der Waals surface area contributed by atoms with Crippen LogP contribution in [-0.4, -0.2) is 24.3 Å². The first kappa shape index (κ1) is 8.48. The van der Waals surface area contributed by atoms with E-state index in [0.29, 0.717) is 29.2 Å².